The Hall–Kier alpha value is -0.740. The van der Waals surface area contributed by atoms with Crippen molar-refractivity contribution in [2.75, 3.05) is 6.61 Å². The number of nitrogens with one attached hydrogen (secondary N) is 1. The van der Waals surface area contributed by atoms with E-state index in [1.54, 1.807) is 0 Å². The molecule has 0 amide bonds. The molecule has 58 valence electrons. The van der Waals surface area contributed by atoms with Gasteiger partial charge in [-0.25, -0.2) is 0 Å². The molecule has 3 nitrogen and oxygen atoms in total. The number of aromatic amines is 1. The third-order valence-corrected chi connectivity index (χ3v) is 2.36. The summed E-state index contributed by atoms with van der Waals surface area (Å²) < 4.78 is 4.94. The molecular formula is C7H7NO2S. The van der Waals surface area contributed by atoms with Crippen molar-refractivity contribution in [1.29, 1.82) is 0 Å². The minimum Gasteiger partial charge on any atom is -0.364 e. The Morgan fingerprint density at radius 1 is 1.73 bits per heavy atom. The highest BCUT2D eigenvalue weighted by molar-refractivity contribution is 8.10. The maximum Gasteiger partial charge on any atom is 0.226 e. The van der Waals surface area contributed by atoms with Gasteiger partial charge in [0.2, 0.25) is 5.12 Å². The lowest BCUT2D eigenvalue weighted by Gasteiger charge is -1.99. The van der Waals surface area contributed by atoms with Crippen LogP contribution in [-0.2, 0) is 8.98 Å². The summed E-state index contributed by atoms with van der Waals surface area (Å²) >= 11 is 0.945. The van der Waals surface area contributed by atoms with Crippen LogP contribution in [0.2, 0.25) is 0 Å². The molecule has 2 heterocycles. The summed E-state index contributed by atoms with van der Waals surface area (Å²) in [6, 6.07) is 3.78. The van der Waals surface area contributed by atoms with Crippen molar-refractivity contribution in [3.8, 4) is 0 Å². The van der Waals surface area contributed by atoms with Gasteiger partial charge in [0.15, 0.2) is 0 Å². The Morgan fingerprint density at radius 3 is 3.18 bits per heavy atom. The number of carbonyl (C=O) groups is 1. The number of carbonyl (C=O) groups excluding carboxylic acids is 1. The molecule has 1 aromatic rings. The van der Waals surface area contributed by atoms with Gasteiger partial charge in [-0.1, -0.05) is 0 Å². The van der Waals surface area contributed by atoms with Crippen LogP contribution >= 0.6 is 12.0 Å². The summed E-state index contributed by atoms with van der Waals surface area (Å²) in [6.07, 6.45) is 1.81. The summed E-state index contributed by atoms with van der Waals surface area (Å²) in [4.78, 5) is 14.1. The highest BCUT2D eigenvalue weighted by Crippen LogP contribution is 2.29. The summed E-state index contributed by atoms with van der Waals surface area (Å²) in [5.41, 5.74) is 0.944. The lowest BCUT2D eigenvalue weighted by molar-refractivity contribution is -0.111. The molecule has 0 aliphatic carbocycles. The molecule has 0 spiro atoms. The monoisotopic (exact) mass is 169 g/mol. The lowest BCUT2D eigenvalue weighted by Crippen LogP contribution is -2.05. The number of hydrogen-bond acceptors (Lipinski definition) is 3. The predicted octanol–water partition coefficient (Wildman–Crippen LogP) is 1.30. The minimum atomic E-state index is -0.0880. The van der Waals surface area contributed by atoms with Gasteiger partial charge in [-0.2, -0.15) is 0 Å². The van der Waals surface area contributed by atoms with E-state index in [1.807, 2.05) is 18.3 Å². The van der Waals surface area contributed by atoms with E-state index in [-0.39, 0.29) is 11.0 Å². The first-order valence-corrected chi connectivity index (χ1v) is 4.08. The van der Waals surface area contributed by atoms with Crippen molar-refractivity contribution in [2.24, 2.45) is 0 Å². The first-order chi connectivity index (χ1) is 5.38. The first-order valence-electron chi connectivity index (χ1n) is 3.34. The zero-order valence-corrected chi connectivity index (χ0v) is 6.56. The second-order valence-corrected chi connectivity index (χ2v) is 3.17. The van der Waals surface area contributed by atoms with Crippen molar-refractivity contribution < 1.29 is 8.98 Å². The van der Waals surface area contributed by atoms with Crippen molar-refractivity contribution in [3.63, 3.8) is 0 Å². The number of H-pyrrole nitrogens is 1. The average Bonchev–Trinajstić information content (AvgIpc) is 2.55. The molecule has 1 aliphatic rings. The molecule has 0 bridgehead atoms. The largest absolute Gasteiger partial charge is 0.364 e. The van der Waals surface area contributed by atoms with Gasteiger partial charge in [0.1, 0.15) is 0 Å². The van der Waals surface area contributed by atoms with Crippen molar-refractivity contribution in [2.45, 2.75) is 5.92 Å². The Bertz CT molecular complexity index is 257. The van der Waals surface area contributed by atoms with Gasteiger partial charge in [-0.3, -0.25) is 4.79 Å². The van der Waals surface area contributed by atoms with Crippen LogP contribution in [0.4, 0.5) is 0 Å². The summed E-state index contributed by atoms with van der Waals surface area (Å²) in [5, 5.41) is 0.0902. The molecule has 1 N–H and O–H groups in total. The van der Waals surface area contributed by atoms with Crippen molar-refractivity contribution in [3.05, 3.63) is 24.0 Å². The first kappa shape index (κ1) is 6.94. The highest BCUT2D eigenvalue weighted by atomic mass is 32.2. The Morgan fingerprint density at radius 2 is 2.64 bits per heavy atom. The van der Waals surface area contributed by atoms with Gasteiger partial charge in [0, 0.05) is 11.9 Å². The van der Waals surface area contributed by atoms with Crippen molar-refractivity contribution >= 4 is 17.2 Å². The smallest absolute Gasteiger partial charge is 0.226 e. The molecule has 4 heteroatoms. The van der Waals surface area contributed by atoms with E-state index in [0.29, 0.717) is 6.61 Å². The van der Waals surface area contributed by atoms with Crippen LogP contribution in [0.3, 0.4) is 0 Å². The van der Waals surface area contributed by atoms with E-state index in [9.17, 15) is 4.79 Å². The van der Waals surface area contributed by atoms with Gasteiger partial charge < -0.3 is 9.17 Å². The van der Waals surface area contributed by atoms with Crippen LogP contribution in [0.5, 0.6) is 0 Å². The number of aromatic nitrogens is 1. The van der Waals surface area contributed by atoms with Crippen LogP contribution in [0.1, 0.15) is 11.6 Å². The van der Waals surface area contributed by atoms with Crippen molar-refractivity contribution in [1.82, 2.24) is 4.98 Å². The third-order valence-electron chi connectivity index (χ3n) is 1.66. The highest BCUT2D eigenvalue weighted by Gasteiger charge is 2.29. The molecule has 1 saturated heterocycles. The molecule has 2 rings (SSSR count). The molecule has 1 atom stereocenters. The zero-order valence-electron chi connectivity index (χ0n) is 5.74. The van der Waals surface area contributed by atoms with Crippen LogP contribution < -0.4 is 0 Å². The Labute approximate surface area is 68.3 Å². The summed E-state index contributed by atoms with van der Waals surface area (Å²) in [7, 11) is 0. The van der Waals surface area contributed by atoms with Gasteiger partial charge in [-0.05, 0) is 12.1 Å². The molecule has 1 aromatic heterocycles. The average molecular weight is 169 g/mol. The van der Waals surface area contributed by atoms with Crippen LogP contribution in [0.15, 0.2) is 18.3 Å². The van der Waals surface area contributed by atoms with E-state index >= 15 is 0 Å². The van der Waals surface area contributed by atoms with Gasteiger partial charge in [-0.15, -0.1) is 0 Å². The maximum atomic E-state index is 11.1. The molecule has 1 aliphatic heterocycles. The molecule has 1 unspecified atom stereocenters. The van der Waals surface area contributed by atoms with Gasteiger partial charge in [0.05, 0.1) is 24.6 Å². The fourth-order valence-corrected chi connectivity index (χ4v) is 1.70. The third kappa shape index (κ3) is 1.19. The second-order valence-electron chi connectivity index (χ2n) is 2.36. The predicted molar refractivity (Wildman–Crippen MR) is 42.1 cm³/mol. The standard InChI is InChI=1S/C7H7NO2S/c9-7-5(4-10-11-7)6-2-1-3-8-6/h1-3,5,8H,4H2. The van der Waals surface area contributed by atoms with Crippen LogP contribution in [-0.4, -0.2) is 16.7 Å². The van der Waals surface area contributed by atoms with E-state index in [0.717, 1.165) is 17.7 Å². The minimum absolute atomic E-state index is 0.0880. The fourth-order valence-electron chi connectivity index (χ4n) is 1.06. The molecule has 0 saturated carbocycles. The van der Waals surface area contributed by atoms with Crippen LogP contribution in [0, 0.1) is 0 Å². The zero-order chi connectivity index (χ0) is 7.68. The van der Waals surface area contributed by atoms with E-state index in [2.05, 4.69) is 4.98 Å². The quantitative estimate of drug-likeness (QED) is 0.644. The molecule has 11 heavy (non-hydrogen) atoms. The molecule has 0 radical (unpaired) electrons. The second kappa shape index (κ2) is 2.71. The van der Waals surface area contributed by atoms with E-state index in [4.69, 9.17) is 4.18 Å². The molecule has 1 fully saturated rings. The van der Waals surface area contributed by atoms with E-state index in [1.165, 1.54) is 0 Å². The lowest BCUT2D eigenvalue weighted by atomic mass is 10.1. The number of rotatable bonds is 1. The Kier molecular flexibility index (Phi) is 1.71. The Balaban J connectivity index is 2.23. The topological polar surface area (TPSA) is 42.1 Å². The summed E-state index contributed by atoms with van der Waals surface area (Å²) in [5.74, 6) is -0.0880. The normalized spacial score (nSPS) is 24.4. The fraction of sp³-hybridized carbons (Fsp3) is 0.286. The maximum absolute atomic E-state index is 11.1. The SMILES string of the molecule is O=C1SOCC1c1ccc[nH]1. The van der Waals surface area contributed by atoms with Gasteiger partial charge >= 0.3 is 0 Å². The summed E-state index contributed by atoms with van der Waals surface area (Å²) in [6.45, 7) is 0.490. The molecular weight excluding hydrogens is 162 g/mol. The van der Waals surface area contributed by atoms with E-state index < -0.39 is 0 Å². The molecule has 0 aromatic carbocycles. The number of hydrogen-bond donors (Lipinski definition) is 1. The van der Waals surface area contributed by atoms with Crippen LogP contribution in [0.25, 0.3) is 0 Å². The van der Waals surface area contributed by atoms with Gasteiger partial charge in [0.25, 0.3) is 0 Å².